The minimum absolute atomic E-state index is 0.0689. The Morgan fingerprint density at radius 1 is 1.29 bits per heavy atom. The van der Waals surface area contributed by atoms with Crippen LogP contribution >= 0.6 is 23.1 Å². The summed E-state index contributed by atoms with van der Waals surface area (Å²) in [5.74, 6) is -2.87. The van der Waals surface area contributed by atoms with E-state index < -0.39 is 46.8 Å². The van der Waals surface area contributed by atoms with Gasteiger partial charge in [-0.2, -0.15) is 4.99 Å². The molecule has 2 unspecified atom stereocenters. The molecule has 3 rings (SSSR count). The summed E-state index contributed by atoms with van der Waals surface area (Å²) < 4.78 is 5.42. The van der Waals surface area contributed by atoms with Crippen LogP contribution in [0, 0.1) is 0 Å². The Morgan fingerprint density at radius 3 is 2.58 bits per heavy atom. The molecule has 31 heavy (non-hydrogen) atoms. The van der Waals surface area contributed by atoms with Gasteiger partial charge < -0.3 is 26.4 Å². The van der Waals surface area contributed by atoms with Gasteiger partial charge in [0, 0.05) is 4.88 Å². The van der Waals surface area contributed by atoms with Crippen LogP contribution in [0.4, 0.5) is 0 Å². The summed E-state index contributed by atoms with van der Waals surface area (Å²) in [5.41, 5.74) is 9.66. The Labute approximate surface area is 187 Å². The van der Waals surface area contributed by atoms with Crippen molar-refractivity contribution in [3.05, 3.63) is 33.4 Å². The number of carbonyl (C=O) groups excluding carboxylic acids is 4. The highest BCUT2D eigenvalue weighted by Gasteiger charge is 2.57. The first-order chi connectivity index (χ1) is 14.5. The molecule has 0 saturated carbocycles. The van der Waals surface area contributed by atoms with Crippen LogP contribution in [0.5, 0.6) is 0 Å². The predicted molar refractivity (Wildman–Crippen MR) is 117 cm³/mol. The quantitative estimate of drug-likeness (QED) is 0.239. The van der Waals surface area contributed by atoms with Crippen LogP contribution in [0.1, 0.15) is 25.6 Å². The molecule has 0 bridgehead atoms. The molecule has 0 radical (unpaired) electrons. The van der Waals surface area contributed by atoms with E-state index in [1.165, 1.54) is 21.6 Å². The molecule has 1 aromatic heterocycles. The number of β-lactam (4-membered cyclic amide) rings is 1. The lowest BCUT2D eigenvalue weighted by molar-refractivity contribution is -0.170. The number of nitrogens with two attached hydrogens (primary N) is 2. The number of hydrogen-bond acceptors (Lipinski definition) is 7. The zero-order chi connectivity index (χ0) is 22.9. The second-order valence-corrected chi connectivity index (χ2v) is 9.95. The fourth-order valence-corrected chi connectivity index (χ4v) is 5.06. The zero-order valence-corrected chi connectivity index (χ0v) is 18.8. The number of carbonyl (C=O) groups is 4. The van der Waals surface area contributed by atoms with Gasteiger partial charge in [-0.3, -0.25) is 14.4 Å². The number of fused-ring (bicyclic) bond motifs is 1. The van der Waals surface area contributed by atoms with Gasteiger partial charge in [0.1, 0.15) is 17.0 Å². The van der Waals surface area contributed by atoms with Crippen molar-refractivity contribution in [1.82, 2.24) is 10.2 Å². The number of nitrogens with zero attached hydrogens (tertiary/aromatic N) is 2. The van der Waals surface area contributed by atoms with Crippen LogP contribution in [0.2, 0.25) is 0 Å². The standard InChI is InChI=1S/C19H23N5O5S2/c1-19(2,3)29-17(28)13-10(14(26)23-18(20)21)8-31-16-12(15(27)24(13)16)22-11(25)7-9-5-4-6-30-9/h4-6,8,12-13,16H,7H2,1-3H3,(H,22,25)(H4,20,21,23,26)/t12?,13?,16-/m0/s1. The number of thioether (sulfide) groups is 1. The summed E-state index contributed by atoms with van der Waals surface area (Å²) in [7, 11) is 0. The summed E-state index contributed by atoms with van der Waals surface area (Å²) in [6.45, 7) is 5.02. The van der Waals surface area contributed by atoms with Crippen molar-refractivity contribution in [3.8, 4) is 0 Å². The smallest absolute Gasteiger partial charge is 0.334 e. The molecule has 10 nitrogen and oxygen atoms in total. The third kappa shape index (κ3) is 5.07. The van der Waals surface area contributed by atoms with Crippen molar-refractivity contribution < 1.29 is 23.9 Å². The average Bonchev–Trinajstić information content (AvgIpc) is 3.15. The molecule has 3 heterocycles. The average molecular weight is 466 g/mol. The Bertz CT molecular complexity index is 963. The summed E-state index contributed by atoms with van der Waals surface area (Å²) in [6.07, 6.45) is 0.151. The van der Waals surface area contributed by atoms with Gasteiger partial charge in [-0.15, -0.1) is 23.1 Å². The Hall–Kier alpha value is -2.86. The SMILES string of the molecule is CC(C)(C)OC(=O)C1C(C(=O)N=C(N)N)=CS[C@H]2C(NC(=O)Cc3cccs3)C(=O)N12. The summed E-state index contributed by atoms with van der Waals surface area (Å²) in [6, 6.07) is 1.54. The van der Waals surface area contributed by atoms with E-state index in [2.05, 4.69) is 10.3 Å². The molecule has 3 amide bonds. The minimum atomic E-state index is -1.31. The maximum atomic E-state index is 12.9. The van der Waals surface area contributed by atoms with Gasteiger partial charge in [-0.1, -0.05) is 6.07 Å². The van der Waals surface area contributed by atoms with Gasteiger partial charge in [0.25, 0.3) is 5.91 Å². The third-order valence-electron chi connectivity index (χ3n) is 4.33. The zero-order valence-electron chi connectivity index (χ0n) is 17.2. The minimum Gasteiger partial charge on any atom is -0.458 e. The molecule has 2 aliphatic rings. The second kappa shape index (κ2) is 8.71. The van der Waals surface area contributed by atoms with Gasteiger partial charge >= 0.3 is 5.97 Å². The van der Waals surface area contributed by atoms with E-state index in [4.69, 9.17) is 16.2 Å². The fraction of sp³-hybridized carbons (Fsp3) is 0.421. The van der Waals surface area contributed by atoms with Crippen LogP contribution in [0.3, 0.4) is 0 Å². The number of thiophene rings is 1. The first kappa shape index (κ1) is 22.8. The van der Waals surface area contributed by atoms with Gasteiger partial charge in [-0.25, -0.2) is 4.79 Å². The molecule has 3 atom stereocenters. The summed E-state index contributed by atoms with van der Waals surface area (Å²) in [5, 5.41) is 5.45. The summed E-state index contributed by atoms with van der Waals surface area (Å²) in [4.78, 5) is 56.1. The van der Waals surface area contributed by atoms with Crippen molar-refractivity contribution in [1.29, 1.82) is 0 Å². The third-order valence-corrected chi connectivity index (χ3v) is 6.37. The number of amides is 3. The number of guanidine groups is 1. The highest BCUT2D eigenvalue weighted by molar-refractivity contribution is 8.03. The number of hydrogen-bond donors (Lipinski definition) is 3. The monoisotopic (exact) mass is 465 g/mol. The number of esters is 1. The molecular weight excluding hydrogens is 442 g/mol. The van der Waals surface area contributed by atoms with Crippen LogP contribution in [-0.2, 0) is 30.3 Å². The lowest BCUT2D eigenvalue weighted by Gasteiger charge is -2.51. The van der Waals surface area contributed by atoms with Crippen LogP contribution in [0.15, 0.2) is 33.5 Å². The molecule has 5 N–H and O–H groups in total. The summed E-state index contributed by atoms with van der Waals surface area (Å²) >= 11 is 2.57. The molecular formula is C19H23N5O5S2. The molecule has 0 spiro atoms. The lowest BCUT2D eigenvalue weighted by atomic mass is 9.97. The Morgan fingerprint density at radius 2 is 2.00 bits per heavy atom. The number of rotatable bonds is 5. The molecule has 1 aromatic rings. The highest BCUT2D eigenvalue weighted by atomic mass is 32.2. The molecule has 0 aromatic carbocycles. The second-order valence-electron chi connectivity index (χ2n) is 7.92. The Balaban J connectivity index is 1.81. The van der Waals surface area contributed by atoms with E-state index in [0.29, 0.717) is 0 Å². The maximum absolute atomic E-state index is 12.9. The van der Waals surface area contributed by atoms with E-state index in [9.17, 15) is 19.2 Å². The number of aliphatic imine (C=N–C) groups is 1. The van der Waals surface area contributed by atoms with Crippen molar-refractivity contribution in [2.75, 3.05) is 0 Å². The fourth-order valence-electron chi connectivity index (χ4n) is 3.14. The van der Waals surface area contributed by atoms with E-state index in [0.717, 1.165) is 16.6 Å². The molecule has 2 aliphatic heterocycles. The first-order valence-electron chi connectivity index (χ1n) is 9.34. The largest absolute Gasteiger partial charge is 0.458 e. The number of ether oxygens (including phenoxy) is 1. The topological polar surface area (TPSA) is 157 Å². The van der Waals surface area contributed by atoms with Crippen LogP contribution in [-0.4, -0.2) is 57.6 Å². The van der Waals surface area contributed by atoms with Crippen molar-refractivity contribution >= 4 is 52.7 Å². The van der Waals surface area contributed by atoms with Gasteiger partial charge in [0.05, 0.1) is 12.0 Å². The van der Waals surface area contributed by atoms with Crippen molar-refractivity contribution in [2.24, 2.45) is 16.5 Å². The molecule has 1 saturated heterocycles. The molecule has 0 aliphatic carbocycles. The van der Waals surface area contributed by atoms with E-state index in [1.54, 1.807) is 20.8 Å². The van der Waals surface area contributed by atoms with Crippen molar-refractivity contribution in [3.63, 3.8) is 0 Å². The van der Waals surface area contributed by atoms with Gasteiger partial charge in [-0.05, 0) is 37.6 Å². The Kier molecular flexibility index (Phi) is 6.41. The molecule has 12 heteroatoms. The van der Waals surface area contributed by atoms with Gasteiger partial charge in [0.2, 0.25) is 11.8 Å². The predicted octanol–water partition coefficient (Wildman–Crippen LogP) is 0.0847. The highest BCUT2D eigenvalue weighted by Crippen LogP contribution is 2.41. The normalized spacial score (nSPS) is 22.5. The molecule has 166 valence electrons. The maximum Gasteiger partial charge on any atom is 0.334 e. The van der Waals surface area contributed by atoms with Crippen LogP contribution in [0.25, 0.3) is 0 Å². The lowest BCUT2D eigenvalue weighted by Crippen LogP contribution is -2.74. The van der Waals surface area contributed by atoms with E-state index in [1.807, 2.05) is 17.5 Å². The first-order valence-corrected chi connectivity index (χ1v) is 11.2. The van der Waals surface area contributed by atoms with Crippen molar-refractivity contribution in [2.45, 2.75) is 50.3 Å². The number of nitrogens with one attached hydrogen (secondary N) is 1. The molecule has 1 fully saturated rings. The van der Waals surface area contributed by atoms with Gasteiger partial charge in [0.15, 0.2) is 12.0 Å². The van der Waals surface area contributed by atoms with E-state index in [-0.39, 0.29) is 17.9 Å². The van der Waals surface area contributed by atoms with E-state index >= 15 is 0 Å². The van der Waals surface area contributed by atoms with Crippen LogP contribution < -0.4 is 16.8 Å².